The van der Waals surface area contributed by atoms with E-state index in [1.54, 1.807) is 25.3 Å². The van der Waals surface area contributed by atoms with Crippen molar-refractivity contribution in [3.8, 4) is 11.5 Å². The van der Waals surface area contributed by atoms with Crippen molar-refractivity contribution in [2.75, 3.05) is 40.6 Å². The highest BCUT2D eigenvalue weighted by atomic mass is 16.5. The number of carbonyl (C=O) groups excluding carboxylic acids is 2. The summed E-state index contributed by atoms with van der Waals surface area (Å²) in [6, 6.07) is 4.64. The summed E-state index contributed by atoms with van der Waals surface area (Å²) in [6.45, 7) is 3.63. The summed E-state index contributed by atoms with van der Waals surface area (Å²) in [4.78, 5) is 24.5. The molecule has 2 N–H and O–H groups in total. The minimum atomic E-state index is -0.824. The van der Waals surface area contributed by atoms with Gasteiger partial charge in [-0.3, -0.25) is 9.59 Å². The Labute approximate surface area is 152 Å². The molecule has 2 heterocycles. The van der Waals surface area contributed by atoms with E-state index in [-0.39, 0.29) is 23.8 Å². The number of hydrogen-bond acceptors (Lipinski definition) is 6. The summed E-state index contributed by atoms with van der Waals surface area (Å²) in [6.07, 6.45) is -0.824. The first-order chi connectivity index (χ1) is 12.5. The largest absolute Gasteiger partial charge is 0.493 e. The number of rotatable bonds is 6. The van der Waals surface area contributed by atoms with E-state index in [2.05, 4.69) is 10.6 Å². The molecule has 8 heteroatoms. The van der Waals surface area contributed by atoms with Gasteiger partial charge in [-0.1, -0.05) is 13.0 Å². The standard InChI is InChI=1S/C18H24N2O6/c1-18(9-25-10-18)8-19-17(22)16-15(20-14(21)7-26-16)11-4-5-12(23-2)13(6-11)24-3/h4-6,15-16H,7-10H2,1-3H3,(H,19,22)(H,20,21)/t15-,16+/m1/s1. The lowest BCUT2D eigenvalue weighted by Crippen LogP contribution is -2.55. The average molecular weight is 364 g/mol. The highest BCUT2D eigenvalue weighted by molar-refractivity contribution is 5.86. The molecule has 0 radical (unpaired) electrons. The van der Waals surface area contributed by atoms with Crippen LogP contribution in [0.4, 0.5) is 0 Å². The van der Waals surface area contributed by atoms with Gasteiger partial charge in [-0.25, -0.2) is 0 Å². The number of carbonyl (C=O) groups is 2. The number of benzene rings is 1. The molecule has 0 aromatic heterocycles. The lowest BCUT2D eigenvalue weighted by atomic mass is 9.88. The van der Waals surface area contributed by atoms with E-state index in [9.17, 15) is 9.59 Å². The monoisotopic (exact) mass is 364 g/mol. The highest BCUT2D eigenvalue weighted by Gasteiger charge is 2.39. The van der Waals surface area contributed by atoms with Crippen LogP contribution >= 0.6 is 0 Å². The zero-order valence-corrected chi connectivity index (χ0v) is 15.2. The summed E-state index contributed by atoms with van der Waals surface area (Å²) >= 11 is 0. The van der Waals surface area contributed by atoms with Crippen LogP contribution in [-0.2, 0) is 19.1 Å². The highest BCUT2D eigenvalue weighted by Crippen LogP contribution is 2.32. The second-order valence-electron chi connectivity index (χ2n) is 6.91. The zero-order valence-electron chi connectivity index (χ0n) is 15.2. The van der Waals surface area contributed by atoms with Gasteiger partial charge in [-0.05, 0) is 17.7 Å². The number of hydrogen-bond donors (Lipinski definition) is 2. The molecule has 2 fully saturated rings. The molecule has 2 aliphatic heterocycles. The van der Waals surface area contributed by atoms with E-state index >= 15 is 0 Å². The van der Waals surface area contributed by atoms with Gasteiger partial charge in [0.1, 0.15) is 6.61 Å². The van der Waals surface area contributed by atoms with Crippen LogP contribution < -0.4 is 20.1 Å². The van der Waals surface area contributed by atoms with Crippen LogP contribution in [0.5, 0.6) is 11.5 Å². The van der Waals surface area contributed by atoms with Gasteiger partial charge in [0.25, 0.3) is 5.91 Å². The molecular weight excluding hydrogens is 340 g/mol. The summed E-state index contributed by atoms with van der Waals surface area (Å²) in [5, 5.41) is 5.74. The van der Waals surface area contributed by atoms with Gasteiger partial charge in [0, 0.05) is 12.0 Å². The first-order valence-corrected chi connectivity index (χ1v) is 8.44. The van der Waals surface area contributed by atoms with Gasteiger partial charge in [-0.15, -0.1) is 0 Å². The molecule has 0 bridgehead atoms. The molecule has 0 spiro atoms. The van der Waals surface area contributed by atoms with Gasteiger partial charge in [-0.2, -0.15) is 0 Å². The summed E-state index contributed by atoms with van der Waals surface area (Å²) in [7, 11) is 3.08. The number of morpholine rings is 1. The van der Waals surface area contributed by atoms with E-state index in [0.717, 1.165) is 0 Å². The van der Waals surface area contributed by atoms with Gasteiger partial charge < -0.3 is 29.6 Å². The molecule has 0 unspecified atom stereocenters. The topological polar surface area (TPSA) is 95.1 Å². The molecule has 2 atom stereocenters. The van der Waals surface area contributed by atoms with E-state index in [1.165, 1.54) is 7.11 Å². The Bertz CT molecular complexity index is 688. The fraction of sp³-hybridized carbons (Fsp3) is 0.556. The van der Waals surface area contributed by atoms with Gasteiger partial charge in [0.2, 0.25) is 5.91 Å². The number of ether oxygens (including phenoxy) is 4. The number of nitrogens with one attached hydrogen (secondary N) is 2. The minimum absolute atomic E-state index is 0.0492. The molecule has 8 nitrogen and oxygen atoms in total. The van der Waals surface area contributed by atoms with E-state index in [1.807, 2.05) is 6.92 Å². The molecule has 0 aliphatic carbocycles. The number of amides is 2. The Hall–Kier alpha value is -2.32. The van der Waals surface area contributed by atoms with E-state index in [4.69, 9.17) is 18.9 Å². The molecule has 2 saturated heterocycles. The maximum atomic E-state index is 12.7. The Morgan fingerprint density at radius 2 is 2.04 bits per heavy atom. The fourth-order valence-electron chi connectivity index (χ4n) is 3.04. The fourth-order valence-corrected chi connectivity index (χ4v) is 3.04. The molecular formula is C18H24N2O6. The smallest absolute Gasteiger partial charge is 0.251 e. The normalized spacial score (nSPS) is 24.2. The SMILES string of the molecule is COc1ccc([C@H]2NC(=O)CO[C@@H]2C(=O)NCC2(C)COC2)cc1OC. The Balaban J connectivity index is 1.77. The lowest BCUT2D eigenvalue weighted by molar-refractivity contribution is -0.150. The first kappa shape index (κ1) is 18.5. The van der Waals surface area contributed by atoms with Crippen LogP contribution in [0.15, 0.2) is 18.2 Å². The summed E-state index contributed by atoms with van der Waals surface area (Å²) < 4.78 is 21.3. The van der Waals surface area contributed by atoms with Crippen molar-refractivity contribution in [3.05, 3.63) is 23.8 Å². The second kappa shape index (κ2) is 7.51. The van der Waals surface area contributed by atoms with Gasteiger partial charge in [0.15, 0.2) is 17.6 Å². The molecule has 2 amide bonds. The molecule has 1 aromatic rings. The average Bonchev–Trinajstić information content (AvgIpc) is 2.63. The quantitative estimate of drug-likeness (QED) is 0.759. The van der Waals surface area contributed by atoms with Gasteiger partial charge in [0.05, 0.1) is 33.5 Å². The third-order valence-corrected chi connectivity index (χ3v) is 4.63. The van der Waals surface area contributed by atoms with Crippen LogP contribution in [0.3, 0.4) is 0 Å². The van der Waals surface area contributed by atoms with Crippen molar-refractivity contribution < 1.29 is 28.5 Å². The Morgan fingerprint density at radius 1 is 1.31 bits per heavy atom. The van der Waals surface area contributed by atoms with Gasteiger partial charge >= 0.3 is 0 Å². The predicted octanol–water partition coefficient (Wildman–Crippen LogP) is 0.413. The van der Waals surface area contributed by atoms with Crippen molar-refractivity contribution in [2.45, 2.75) is 19.1 Å². The molecule has 3 rings (SSSR count). The molecule has 142 valence electrons. The number of methoxy groups -OCH3 is 2. The van der Waals surface area contributed by atoms with Crippen LogP contribution in [0.1, 0.15) is 18.5 Å². The van der Waals surface area contributed by atoms with Crippen LogP contribution in [0, 0.1) is 5.41 Å². The van der Waals surface area contributed by atoms with Crippen LogP contribution in [-0.4, -0.2) is 58.5 Å². The summed E-state index contributed by atoms with van der Waals surface area (Å²) in [5.74, 6) is 0.549. The third kappa shape index (κ3) is 3.76. The van der Waals surface area contributed by atoms with Crippen LogP contribution in [0.2, 0.25) is 0 Å². The van der Waals surface area contributed by atoms with Crippen molar-refractivity contribution in [1.29, 1.82) is 0 Å². The maximum Gasteiger partial charge on any atom is 0.251 e. The first-order valence-electron chi connectivity index (χ1n) is 8.44. The third-order valence-electron chi connectivity index (χ3n) is 4.63. The maximum absolute atomic E-state index is 12.7. The van der Waals surface area contributed by atoms with Crippen molar-refractivity contribution in [1.82, 2.24) is 10.6 Å². The summed E-state index contributed by atoms with van der Waals surface area (Å²) in [5.41, 5.74) is 0.654. The Kier molecular flexibility index (Phi) is 5.33. The van der Waals surface area contributed by atoms with Crippen molar-refractivity contribution in [3.63, 3.8) is 0 Å². The van der Waals surface area contributed by atoms with Crippen LogP contribution in [0.25, 0.3) is 0 Å². The van der Waals surface area contributed by atoms with Crippen molar-refractivity contribution >= 4 is 11.8 Å². The van der Waals surface area contributed by atoms with E-state index < -0.39 is 12.1 Å². The second-order valence-corrected chi connectivity index (χ2v) is 6.91. The lowest BCUT2D eigenvalue weighted by Gasteiger charge is -2.39. The van der Waals surface area contributed by atoms with Crippen molar-refractivity contribution in [2.24, 2.45) is 5.41 Å². The Morgan fingerprint density at radius 3 is 2.65 bits per heavy atom. The molecule has 1 aromatic carbocycles. The molecule has 2 aliphatic rings. The molecule has 26 heavy (non-hydrogen) atoms. The molecule has 0 saturated carbocycles. The van der Waals surface area contributed by atoms with E-state index in [0.29, 0.717) is 36.8 Å². The zero-order chi connectivity index (χ0) is 18.7. The predicted molar refractivity (Wildman–Crippen MR) is 92.1 cm³/mol. The minimum Gasteiger partial charge on any atom is -0.493 e.